The molecule has 2 rings (SSSR count). The van der Waals surface area contributed by atoms with Gasteiger partial charge in [-0.2, -0.15) is 0 Å². The maximum absolute atomic E-state index is 5.67. The quantitative estimate of drug-likeness (QED) is 0.771. The fraction of sp³-hybridized carbons (Fsp3) is 1.00. The first-order chi connectivity index (χ1) is 7.20. The fourth-order valence-electron chi connectivity index (χ4n) is 3.58. The molecule has 0 aromatic carbocycles. The standard InChI is InChI=1S/C13H26N2/c1-10(2)9-15-12-3-4-13(15)8-11(7-12)5-6-14/h10-13H,3-9,14H2,1-2H3. The first-order valence-electron chi connectivity index (χ1n) is 6.66. The first-order valence-corrected chi connectivity index (χ1v) is 6.66. The molecule has 2 atom stereocenters. The molecular weight excluding hydrogens is 184 g/mol. The van der Waals surface area contributed by atoms with E-state index >= 15 is 0 Å². The van der Waals surface area contributed by atoms with Crippen LogP contribution in [0.5, 0.6) is 0 Å². The minimum Gasteiger partial charge on any atom is -0.330 e. The summed E-state index contributed by atoms with van der Waals surface area (Å²) in [4.78, 5) is 2.79. The molecule has 2 aliphatic rings. The highest BCUT2D eigenvalue weighted by Gasteiger charge is 2.39. The maximum atomic E-state index is 5.67. The van der Waals surface area contributed by atoms with Crippen molar-refractivity contribution in [3.8, 4) is 0 Å². The molecule has 0 aromatic heterocycles. The van der Waals surface area contributed by atoms with E-state index in [1.54, 1.807) is 0 Å². The molecule has 2 heteroatoms. The summed E-state index contributed by atoms with van der Waals surface area (Å²) in [5.41, 5.74) is 5.67. The van der Waals surface area contributed by atoms with Gasteiger partial charge in [-0.05, 0) is 50.5 Å². The van der Waals surface area contributed by atoms with E-state index in [4.69, 9.17) is 5.73 Å². The fourth-order valence-corrected chi connectivity index (χ4v) is 3.58. The smallest absolute Gasteiger partial charge is 0.0101 e. The van der Waals surface area contributed by atoms with E-state index in [-0.39, 0.29) is 0 Å². The van der Waals surface area contributed by atoms with Crippen LogP contribution in [0.4, 0.5) is 0 Å². The van der Waals surface area contributed by atoms with Crippen molar-refractivity contribution in [2.45, 2.75) is 58.0 Å². The summed E-state index contributed by atoms with van der Waals surface area (Å²) < 4.78 is 0. The van der Waals surface area contributed by atoms with E-state index in [2.05, 4.69) is 18.7 Å². The van der Waals surface area contributed by atoms with E-state index in [0.29, 0.717) is 0 Å². The Kier molecular flexibility index (Phi) is 3.68. The van der Waals surface area contributed by atoms with Crippen LogP contribution >= 0.6 is 0 Å². The molecule has 2 bridgehead atoms. The molecule has 2 unspecified atom stereocenters. The summed E-state index contributed by atoms with van der Waals surface area (Å²) >= 11 is 0. The van der Waals surface area contributed by atoms with Crippen LogP contribution in [0.25, 0.3) is 0 Å². The van der Waals surface area contributed by atoms with Gasteiger partial charge in [-0.1, -0.05) is 13.8 Å². The summed E-state index contributed by atoms with van der Waals surface area (Å²) in [5, 5.41) is 0. The van der Waals surface area contributed by atoms with Gasteiger partial charge in [-0.15, -0.1) is 0 Å². The van der Waals surface area contributed by atoms with Gasteiger partial charge in [0.2, 0.25) is 0 Å². The zero-order chi connectivity index (χ0) is 10.8. The highest BCUT2D eigenvalue weighted by molar-refractivity contribution is 4.95. The second kappa shape index (κ2) is 4.84. The van der Waals surface area contributed by atoms with Crippen LogP contribution in [0.15, 0.2) is 0 Å². The van der Waals surface area contributed by atoms with Crippen LogP contribution in [-0.2, 0) is 0 Å². The predicted molar refractivity (Wildman–Crippen MR) is 64.7 cm³/mol. The Bertz CT molecular complexity index is 189. The Labute approximate surface area is 94.2 Å². The van der Waals surface area contributed by atoms with Gasteiger partial charge in [0.25, 0.3) is 0 Å². The van der Waals surface area contributed by atoms with Crippen molar-refractivity contribution in [1.82, 2.24) is 4.90 Å². The number of nitrogens with two attached hydrogens (primary N) is 1. The van der Waals surface area contributed by atoms with Crippen LogP contribution in [-0.4, -0.2) is 30.1 Å². The molecule has 0 amide bonds. The van der Waals surface area contributed by atoms with Crippen LogP contribution in [0.3, 0.4) is 0 Å². The van der Waals surface area contributed by atoms with E-state index < -0.39 is 0 Å². The highest BCUT2D eigenvalue weighted by Crippen LogP contribution is 2.39. The van der Waals surface area contributed by atoms with Crippen molar-refractivity contribution < 1.29 is 0 Å². The molecule has 15 heavy (non-hydrogen) atoms. The van der Waals surface area contributed by atoms with Gasteiger partial charge < -0.3 is 5.73 Å². The molecule has 0 radical (unpaired) electrons. The van der Waals surface area contributed by atoms with Crippen molar-refractivity contribution in [2.75, 3.05) is 13.1 Å². The molecular formula is C13H26N2. The van der Waals surface area contributed by atoms with E-state index in [0.717, 1.165) is 30.5 Å². The number of rotatable bonds is 4. The highest BCUT2D eigenvalue weighted by atomic mass is 15.2. The Balaban J connectivity index is 1.91. The third-order valence-corrected chi connectivity index (χ3v) is 4.13. The zero-order valence-electron chi connectivity index (χ0n) is 10.3. The molecule has 2 aliphatic heterocycles. The zero-order valence-corrected chi connectivity index (χ0v) is 10.3. The van der Waals surface area contributed by atoms with E-state index in [1.165, 1.54) is 38.6 Å². The maximum Gasteiger partial charge on any atom is 0.0101 e. The lowest BCUT2D eigenvalue weighted by Crippen LogP contribution is -2.44. The molecule has 0 spiro atoms. The van der Waals surface area contributed by atoms with Gasteiger partial charge >= 0.3 is 0 Å². The largest absolute Gasteiger partial charge is 0.330 e. The first kappa shape index (κ1) is 11.4. The molecule has 2 fully saturated rings. The molecule has 2 N–H and O–H groups in total. The van der Waals surface area contributed by atoms with Crippen LogP contribution in [0.2, 0.25) is 0 Å². The van der Waals surface area contributed by atoms with Crippen LogP contribution in [0, 0.1) is 11.8 Å². The van der Waals surface area contributed by atoms with Crippen molar-refractivity contribution in [3.05, 3.63) is 0 Å². The molecule has 2 nitrogen and oxygen atoms in total. The van der Waals surface area contributed by atoms with Gasteiger partial charge in [-0.25, -0.2) is 0 Å². The van der Waals surface area contributed by atoms with E-state index in [1.807, 2.05) is 0 Å². The van der Waals surface area contributed by atoms with Gasteiger partial charge in [0, 0.05) is 18.6 Å². The minimum atomic E-state index is 0.819. The lowest BCUT2D eigenvalue weighted by molar-refractivity contribution is 0.0890. The van der Waals surface area contributed by atoms with Crippen molar-refractivity contribution in [1.29, 1.82) is 0 Å². The summed E-state index contributed by atoms with van der Waals surface area (Å²) in [5.74, 6) is 1.75. The van der Waals surface area contributed by atoms with Gasteiger partial charge in [0.05, 0.1) is 0 Å². The van der Waals surface area contributed by atoms with Crippen LogP contribution in [0.1, 0.15) is 46.0 Å². The second-order valence-corrected chi connectivity index (χ2v) is 5.89. The number of nitrogens with zero attached hydrogens (tertiary/aromatic N) is 1. The van der Waals surface area contributed by atoms with Crippen molar-refractivity contribution in [3.63, 3.8) is 0 Å². The van der Waals surface area contributed by atoms with Gasteiger partial charge in [0.1, 0.15) is 0 Å². The summed E-state index contributed by atoms with van der Waals surface area (Å²) in [6.07, 6.45) is 6.97. The van der Waals surface area contributed by atoms with Gasteiger partial charge in [0.15, 0.2) is 0 Å². The Hall–Kier alpha value is -0.0800. The molecule has 2 heterocycles. The number of hydrogen-bond donors (Lipinski definition) is 1. The molecule has 0 saturated carbocycles. The lowest BCUT2D eigenvalue weighted by atomic mass is 9.88. The minimum absolute atomic E-state index is 0.819. The molecule has 2 saturated heterocycles. The van der Waals surface area contributed by atoms with Crippen molar-refractivity contribution in [2.24, 2.45) is 17.6 Å². The second-order valence-electron chi connectivity index (χ2n) is 5.89. The number of piperidine rings is 1. The SMILES string of the molecule is CC(C)CN1C2CCC1CC(CCN)C2. The van der Waals surface area contributed by atoms with Gasteiger partial charge in [-0.3, -0.25) is 4.90 Å². The number of hydrogen-bond acceptors (Lipinski definition) is 2. The third-order valence-electron chi connectivity index (χ3n) is 4.13. The third kappa shape index (κ3) is 2.54. The summed E-state index contributed by atoms with van der Waals surface area (Å²) in [6, 6.07) is 1.78. The Morgan fingerprint density at radius 2 is 1.80 bits per heavy atom. The molecule has 88 valence electrons. The predicted octanol–water partition coefficient (Wildman–Crippen LogP) is 2.23. The summed E-state index contributed by atoms with van der Waals surface area (Å²) in [6.45, 7) is 6.87. The van der Waals surface area contributed by atoms with Crippen LogP contribution < -0.4 is 5.73 Å². The Morgan fingerprint density at radius 3 is 2.27 bits per heavy atom. The topological polar surface area (TPSA) is 29.3 Å². The van der Waals surface area contributed by atoms with E-state index in [9.17, 15) is 0 Å². The summed E-state index contributed by atoms with van der Waals surface area (Å²) in [7, 11) is 0. The number of fused-ring (bicyclic) bond motifs is 2. The molecule has 0 aliphatic carbocycles. The normalized spacial score (nSPS) is 36.4. The average Bonchev–Trinajstić information content (AvgIpc) is 2.43. The Morgan fingerprint density at radius 1 is 1.20 bits per heavy atom. The van der Waals surface area contributed by atoms with Crippen molar-refractivity contribution >= 4 is 0 Å². The lowest BCUT2D eigenvalue weighted by Gasteiger charge is -2.39. The molecule has 0 aromatic rings. The average molecular weight is 210 g/mol. The monoisotopic (exact) mass is 210 g/mol.